The molecule has 0 N–H and O–H groups in total. The molecule has 1 aliphatic rings. The number of pyridine rings is 1. The van der Waals surface area contributed by atoms with E-state index in [9.17, 15) is 4.79 Å². The predicted octanol–water partition coefficient (Wildman–Crippen LogP) is 4.05. The number of benzene rings is 2. The zero-order valence-corrected chi connectivity index (χ0v) is 17.7. The number of aryl methyl sites for hydroxylation is 1. The van der Waals surface area contributed by atoms with Crippen LogP contribution in [0.1, 0.15) is 34.5 Å². The molecule has 31 heavy (non-hydrogen) atoms. The molecule has 0 amide bonds. The molecule has 0 aliphatic carbocycles. The zero-order chi connectivity index (χ0) is 21.2. The topological polar surface area (TPSA) is 63.9 Å². The molecule has 156 valence electrons. The van der Waals surface area contributed by atoms with E-state index in [2.05, 4.69) is 32.3 Å². The standard InChI is InChI=1S/C25H25N5O/c1-29-17-24(27-28-29)19-7-8-21-15-26-23(13-22(21)12-19)14-25(31)20-6-4-5-18(11-20)16-30-9-2-3-10-30/h4-8,11-13,15,17H,2-3,9-10,14,16H2,1H3. The first-order valence-electron chi connectivity index (χ1n) is 10.7. The minimum absolute atomic E-state index is 0.0974. The van der Waals surface area contributed by atoms with Crippen LogP contribution in [0.3, 0.4) is 0 Å². The van der Waals surface area contributed by atoms with Gasteiger partial charge in [0.15, 0.2) is 5.78 Å². The number of nitrogens with zero attached hydrogens (tertiary/aromatic N) is 5. The molecule has 1 saturated heterocycles. The Labute approximate surface area is 181 Å². The molecule has 5 rings (SSSR count). The van der Waals surface area contributed by atoms with Crippen LogP contribution in [0.15, 0.2) is 60.9 Å². The maximum absolute atomic E-state index is 13.0. The number of ketones is 1. The minimum Gasteiger partial charge on any atom is -0.299 e. The molecule has 6 nitrogen and oxygen atoms in total. The molecule has 4 aromatic rings. The number of aromatic nitrogens is 4. The number of hydrogen-bond donors (Lipinski definition) is 0. The summed E-state index contributed by atoms with van der Waals surface area (Å²) in [5.74, 6) is 0.0974. The molecular weight excluding hydrogens is 386 g/mol. The van der Waals surface area contributed by atoms with Gasteiger partial charge in [0.25, 0.3) is 0 Å². The Kier molecular flexibility index (Phi) is 5.30. The quantitative estimate of drug-likeness (QED) is 0.448. The number of fused-ring (bicyclic) bond motifs is 1. The Balaban J connectivity index is 1.35. The number of carbonyl (C=O) groups excluding carboxylic acids is 1. The number of rotatable bonds is 6. The van der Waals surface area contributed by atoms with Gasteiger partial charge in [0.05, 0.1) is 12.6 Å². The Morgan fingerprint density at radius 2 is 1.90 bits per heavy atom. The molecular formula is C25H25N5O. The van der Waals surface area contributed by atoms with Crippen LogP contribution in [0.25, 0.3) is 22.0 Å². The summed E-state index contributed by atoms with van der Waals surface area (Å²) in [6.45, 7) is 3.21. The van der Waals surface area contributed by atoms with Crippen LogP contribution < -0.4 is 0 Å². The largest absolute Gasteiger partial charge is 0.299 e. The maximum atomic E-state index is 13.0. The lowest BCUT2D eigenvalue weighted by atomic mass is 10.0. The lowest BCUT2D eigenvalue weighted by molar-refractivity contribution is 0.0992. The SMILES string of the molecule is Cn1cc(-c2ccc3cnc(CC(=O)c4cccc(CN5CCCC5)c4)cc3c2)nn1. The fourth-order valence-corrected chi connectivity index (χ4v) is 4.23. The summed E-state index contributed by atoms with van der Waals surface area (Å²) in [4.78, 5) is 19.9. The average molecular weight is 412 g/mol. The molecule has 0 unspecified atom stereocenters. The van der Waals surface area contributed by atoms with E-state index in [0.717, 1.165) is 52.9 Å². The van der Waals surface area contributed by atoms with Gasteiger partial charge in [0.2, 0.25) is 0 Å². The molecule has 0 saturated carbocycles. The summed E-state index contributed by atoms with van der Waals surface area (Å²) < 4.78 is 1.69. The number of likely N-dealkylation sites (tertiary alicyclic amines) is 1. The second kappa shape index (κ2) is 8.40. The van der Waals surface area contributed by atoms with Crippen LogP contribution in [-0.2, 0) is 20.0 Å². The molecule has 0 spiro atoms. The van der Waals surface area contributed by atoms with E-state index in [-0.39, 0.29) is 5.78 Å². The van der Waals surface area contributed by atoms with Crippen LogP contribution >= 0.6 is 0 Å². The van der Waals surface area contributed by atoms with Crippen molar-refractivity contribution < 1.29 is 4.79 Å². The first-order chi connectivity index (χ1) is 15.1. The van der Waals surface area contributed by atoms with Crippen molar-refractivity contribution in [2.45, 2.75) is 25.8 Å². The zero-order valence-electron chi connectivity index (χ0n) is 17.7. The molecule has 0 atom stereocenters. The van der Waals surface area contributed by atoms with Crippen molar-refractivity contribution in [2.24, 2.45) is 7.05 Å². The van der Waals surface area contributed by atoms with Gasteiger partial charge in [-0.15, -0.1) is 5.10 Å². The van der Waals surface area contributed by atoms with Gasteiger partial charge in [0, 0.05) is 42.0 Å². The summed E-state index contributed by atoms with van der Waals surface area (Å²) in [7, 11) is 1.85. The molecule has 2 aromatic heterocycles. The highest BCUT2D eigenvalue weighted by atomic mass is 16.1. The van der Waals surface area contributed by atoms with Gasteiger partial charge in [-0.3, -0.25) is 19.4 Å². The fourth-order valence-electron chi connectivity index (χ4n) is 4.23. The Bertz CT molecular complexity index is 1240. The van der Waals surface area contributed by atoms with E-state index in [4.69, 9.17) is 0 Å². The van der Waals surface area contributed by atoms with Gasteiger partial charge in [-0.05, 0) is 55.1 Å². The highest BCUT2D eigenvalue weighted by Crippen LogP contribution is 2.23. The minimum atomic E-state index is 0.0974. The Morgan fingerprint density at radius 3 is 2.71 bits per heavy atom. The summed E-state index contributed by atoms with van der Waals surface area (Å²) >= 11 is 0. The van der Waals surface area contributed by atoms with Gasteiger partial charge >= 0.3 is 0 Å². The summed E-state index contributed by atoms with van der Waals surface area (Å²) in [5, 5.41) is 10.3. The van der Waals surface area contributed by atoms with Crippen LogP contribution in [0.5, 0.6) is 0 Å². The fraction of sp³-hybridized carbons (Fsp3) is 0.280. The van der Waals surface area contributed by atoms with Crippen LogP contribution in [0.2, 0.25) is 0 Å². The molecule has 1 aliphatic heterocycles. The smallest absolute Gasteiger partial charge is 0.168 e. The number of Topliss-reactive ketones (excluding diaryl/α,β-unsaturated/α-hetero) is 1. The Morgan fingerprint density at radius 1 is 1.03 bits per heavy atom. The molecule has 0 bridgehead atoms. The summed E-state index contributed by atoms with van der Waals surface area (Å²) in [6, 6.07) is 16.2. The highest BCUT2D eigenvalue weighted by Gasteiger charge is 2.14. The lowest BCUT2D eigenvalue weighted by Gasteiger charge is -2.15. The van der Waals surface area contributed by atoms with E-state index in [1.165, 1.54) is 18.4 Å². The first kappa shape index (κ1) is 19.6. The molecule has 2 aromatic carbocycles. The third-order valence-corrected chi connectivity index (χ3v) is 5.87. The maximum Gasteiger partial charge on any atom is 0.168 e. The van der Waals surface area contributed by atoms with Crippen molar-refractivity contribution in [1.29, 1.82) is 0 Å². The second-order valence-electron chi connectivity index (χ2n) is 8.30. The van der Waals surface area contributed by atoms with Crippen molar-refractivity contribution in [1.82, 2.24) is 24.9 Å². The third kappa shape index (κ3) is 4.39. The van der Waals surface area contributed by atoms with E-state index in [0.29, 0.717) is 6.42 Å². The monoisotopic (exact) mass is 411 g/mol. The van der Waals surface area contributed by atoms with Crippen molar-refractivity contribution in [3.63, 3.8) is 0 Å². The van der Waals surface area contributed by atoms with Gasteiger partial charge in [-0.1, -0.05) is 35.5 Å². The van der Waals surface area contributed by atoms with Crippen molar-refractivity contribution >= 4 is 16.6 Å². The number of hydrogen-bond acceptors (Lipinski definition) is 5. The van der Waals surface area contributed by atoms with E-state index < -0.39 is 0 Å². The lowest BCUT2D eigenvalue weighted by Crippen LogP contribution is -2.18. The summed E-state index contributed by atoms with van der Waals surface area (Å²) in [5.41, 5.74) is 4.56. The first-order valence-corrected chi connectivity index (χ1v) is 10.7. The average Bonchev–Trinajstić information content (AvgIpc) is 3.45. The van der Waals surface area contributed by atoms with Crippen LogP contribution in [-0.4, -0.2) is 43.8 Å². The van der Waals surface area contributed by atoms with E-state index >= 15 is 0 Å². The van der Waals surface area contributed by atoms with Gasteiger partial charge in [0.1, 0.15) is 5.69 Å². The van der Waals surface area contributed by atoms with Crippen molar-refractivity contribution in [2.75, 3.05) is 13.1 Å². The highest BCUT2D eigenvalue weighted by molar-refractivity contribution is 5.98. The normalized spacial score (nSPS) is 14.4. The summed E-state index contributed by atoms with van der Waals surface area (Å²) in [6.07, 6.45) is 6.55. The van der Waals surface area contributed by atoms with E-state index in [1.54, 1.807) is 4.68 Å². The van der Waals surface area contributed by atoms with E-state index in [1.807, 2.05) is 55.8 Å². The van der Waals surface area contributed by atoms with Crippen molar-refractivity contribution in [3.05, 3.63) is 77.7 Å². The number of carbonyl (C=O) groups is 1. The Hall–Kier alpha value is -3.38. The van der Waals surface area contributed by atoms with Crippen LogP contribution in [0, 0.1) is 0 Å². The molecule has 1 fully saturated rings. The third-order valence-electron chi connectivity index (χ3n) is 5.87. The predicted molar refractivity (Wildman–Crippen MR) is 121 cm³/mol. The van der Waals surface area contributed by atoms with Gasteiger partial charge < -0.3 is 0 Å². The second-order valence-corrected chi connectivity index (χ2v) is 8.30. The van der Waals surface area contributed by atoms with Gasteiger partial charge in [-0.2, -0.15) is 0 Å². The van der Waals surface area contributed by atoms with Crippen molar-refractivity contribution in [3.8, 4) is 11.3 Å². The van der Waals surface area contributed by atoms with Crippen LogP contribution in [0.4, 0.5) is 0 Å². The molecule has 6 heteroatoms. The molecule has 3 heterocycles. The molecule has 0 radical (unpaired) electrons. The van der Waals surface area contributed by atoms with Gasteiger partial charge in [-0.25, -0.2) is 0 Å².